The van der Waals surface area contributed by atoms with Crippen molar-refractivity contribution in [3.8, 4) is 0 Å². The number of nitrogens with one attached hydrogen (secondary N) is 1. The van der Waals surface area contributed by atoms with Crippen molar-refractivity contribution < 1.29 is 4.39 Å². The number of hydrogen-bond donors (Lipinski definition) is 1. The highest BCUT2D eigenvalue weighted by Crippen LogP contribution is 2.20. The third-order valence-electron chi connectivity index (χ3n) is 3.25. The maximum absolute atomic E-state index is 13.1. The van der Waals surface area contributed by atoms with Crippen LogP contribution in [0.5, 0.6) is 0 Å². The molecule has 1 unspecified atom stereocenters. The number of aryl methyl sites for hydroxylation is 1. The predicted molar refractivity (Wildman–Crippen MR) is 87.8 cm³/mol. The van der Waals surface area contributed by atoms with Gasteiger partial charge in [-0.1, -0.05) is 24.6 Å². The highest BCUT2D eigenvalue weighted by Gasteiger charge is 2.14. The van der Waals surface area contributed by atoms with Crippen LogP contribution in [-0.2, 0) is 12.8 Å². The summed E-state index contributed by atoms with van der Waals surface area (Å²) in [4.78, 5) is 4.52. The lowest BCUT2D eigenvalue weighted by atomic mass is 10.0. The van der Waals surface area contributed by atoms with Crippen LogP contribution >= 0.6 is 22.9 Å². The zero-order valence-electron chi connectivity index (χ0n) is 12.3. The molecular formula is C16H20ClFN2S. The normalized spacial score (nSPS) is 12.6. The summed E-state index contributed by atoms with van der Waals surface area (Å²) >= 11 is 7.82. The molecule has 1 aromatic heterocycles. The van der Waals surface area contributed by atoms with Crippen molar-refractivity contribution >= 4 is 22.9 Å². The number of hydrogen-bond acceptors (Lipinski definition) is 3. The predicted octanol–water partition coefficient (Wildman–Crippen LogP) is 4.40. The van der Waals surface area contributed by atoms with Gasteiger partial charge in [0.25, 0.3) is 0 Å². The molecule has 1 aromatic carbocycles. The van der Waals surface area contributed by atoms with Crippen molar-refractivity contribution in [1.29, 1.82) is 0 Å². The highest BCUT2D eigenvalue weighted by molar-refractivity contribution is 7.09. The van der Waals surface area contributed by atoms with E-state index in [9.17, 15) is 4.39 Å². The van der Waals surface area contributed by atoms with Gasteiger partial charge in [0.2, 0.25) is 0 Å². The van der Waals surface area contributed by atoms with Gasteiger partial charge in [-0.25, -0.2) is 9.37 Å². The molecule has 0 spiro atoms. The van der Waals surface area contributed by atoms with Crippen LogP contribution < -0.4 is 5.32 Å². The Kier molecular flexibility index (Phi) is 6.15. The lowest BCUT2D eigenvalue weighted by molar-refractivity contribution is 0.503. The fraction of sp³-hybridized carbons (Fsp3) is 0.438. The number of halogens is 2. The van der Waals surface area contributed by atoms with Gasteiger partial charge in [-0.15, -0.1) is 11.3 Å². The van der Waals surface area contributed by atoms with E-state index in [4.69, 9.17) is 11.6 Å². The Balaban J connectivity index is 2.08. The van der Waals surface area contributed by atoms with E-state index in [0.29, 0.717) is 5.02 Å². The first kappa shape index (κ1) is 16.4. The minimum absolute atomic E-state index is 0.262. The number of benzene rings is 1. The van der Waals surface area contributed by atoms with E-state index in [1.54, 1.807) is 17.4 Å². The number of thiazole rings is 1. The van der Waals surface area contributed by atoms with Crippen molar-refractivity contribution in [3.63, 3.8) is 0 Å². The van der Waals surface area contributed by atoms with Crippen molar-refractivity contribution in [2.75, 3.05) is 6.54 Å². The topological polar surface area (TPSA) is 24.9 Å². The molecule has 1 atom stereocenters. The second-order valence-corrected chi connectivity index (χ2v) is 6.53. The molecule has 0 radical (unpaired) electrons. The lowest BCUT2D eigenvalue weighted by Crippen LogP contribution is -2.33. The number of aromatic nitrogens is 1. The summed E-state index contributed by atoms with van der Waals surface area (Å²) in [5, 5.41) is 7.22. The van der Waals surface area contributed by atoms with Gasteiger partial charge >= 0.3 is 0 Å². The minimum atomic E-state index is -0.294. The Labute approximate surface area is 134 Å². The molecule has 0 saturated carbocycles. The van der Waals surface area contributed by atoms with E-state index in [1.807, 2.05) is 6.92 Å². The van der Waals surface area contributed by atoms with Crippen molar-refractivity contribution in [3.05, 3.63) is 50.7 Å². The molecule has 1 heterocycles. The van der Waals surface area contributed by atoms with Gasteiger partial charge in [0.15, 0.2) is 0 Å². The van der Waals surface area contributed by atoms with Crippen LogP contribution in [0, 0.1) is 12.7 Å². The Morgan fingerprint density at radius 2 is 2.19 bits per heavy atom. The second kappa shape index (κ2) is 7.87. The van der Waals surface area contributed by atoms with Gasteiger partial charge in [0.1, 0.15) is 5.82 Å². The third-order valence-corrected chi connectivity index (χ3v) is 4.59. The van der Waals surface area contributed by atoms with Gasteiger partial charge in [0, 0.05) is 28.6 Å². The van der Waals surface area contributed by atoms with E-state index < -0.39 is 0 Å². The number of nitrogens with zero attached hydrogens (tertiary/aromatic N) is 1. The standard InChI is InChI=1S/C16H20ClFN2S/c1-3-6-19-14(9-16-20-11(2)10-21-16)7-12-4-5-13(18)8-15(12)17/h4-5,8,10,14,19H,3,6-7,9H2,1-2H3. The van der Waals surface area contributed by atoms with E-state index in [1.165, 1.54) is 12.1 Å². The summed E-state index contributed by atoms with van der Waals surface area (Å²) in [7, 11) is 0. The molecule has 5 heteroatoms. The van der Waals surface area contributed by atoms with Gasteiger partial charge in [-0.2, -0.15) is 0 Å². The molecule has 2 nitrogen and oxygen atoms in total. The van der Waals surface area contributed by atoms with E-state index in [0.717, 1.165) is 42.1 Å². The lowest BCUT2D eigenvalue weighted by Gasteiger charge is -2.18. The zero-order chi connectivity index (χ0) is 15.2. The maximum atomic E-state index is 13.1. The SMILES string of the molecule is CCCNC(Cc1nc(C)cs1)Cc1ccc(F)cc1Cl. The molecular weight excluding hydrogens is 307 g/mol. The van der Waals surface area contributed by atoms with Gasteiger partial charge in [-0.05, 0) is 44.0 Å². The molecule has 114 valence electrons. The smallest absolute Gasteiger partial charge is 0.124 e. The largest absolute Gasteiger partial charge is 0.313 e. The molecule has 0 fully saturated rings. The Morgan fingerprint density at radius 1 is 1.38 bits per heavy atom. The van der Waals surface area contributed by atoms with Crippen molar-refractivity contribution in [2.24, 2.45) is 0 Å². The summed E-state index contributed by atoms with van der Waals surface area (Å²) in [6, 6.07) is 4.87. The highest BCUT2D eigenvalue weighted by atomic mass is 35.5. The summed E-state index contributed by atoms with van der Waals surface area (Å²) in [6.45, 7) is 5.10. The van der Waals surface area contributed by atoms with Gasteiger partial charge in [-0.3, -0.25) is 0 Å². The van der Waals surface area contributed by atoms with Crippen LogP contribution in [0.2, 0.25) is 5.02 Å². The molecule has 0 aliphatic carbocycles. The Bertz CT molecular complexity index is 585. The van der Waals surface area contributed by atoms with E-state index in [-0.39, 0.29) is 11.9 Å². The van der Waals surface area contributed by atoms with Crippen molar-refractivity contribution in [1.82, 2.24) is 10.3 Å². The molecule has 0 saturated heterocycles. The first-order chi connectivity index (χ1) is 10.1. The monoisotopic (exact) mass is 326 g/mol. The molecule has 0 amide bonds. The van der Waals surface area contributed by atoms with Crippen LogP contribution in [0.1, 0.15) is 29.6 Å². The second-order valence-electron chi connectivity index (χ2n) is 5.18. The van der Waals surface area contributed by atoms with Crippen LogP contribution in [0.4, 0.5) is 4.39 Å². The quantitative estimate of drug-likeness (QED) is 0.816. The van der Waals surface area contributed by atoms with Crippen LogP contribution in [0.3, 0.4) is 0 Å². The average Bonchev–Trinajstić information content (AvgIpc) is 2.84. The molecule has 0 aliphatic rings. The summed E-state index contributed by atoms with van der Waals surface area (Å²) in [5.74, 6) is -0.294. The molecule has 0 aliphatic heterocycles. The van der Waals surface area contributed by atoms with Crippen LogP contribution in [-0.4, -0.2) is 17.6 Å². The summed E-state index contributed by atoms with van der Waals surface area (Å²) in [6.07, 6.45) is 2.72. The first-order valence-electron chi connectivity index (χ1n) is 7.16. The Morgan fingerprint density at radius 3 is 2.81 bits per heavy atom. The summed E-state index contributed by atoms with van der Waals surface area (Å²) < 4.78 is 13.1. The fourth-order valence-electron chi connectivity index (χ4n) is 2.22. The number of rotatable bonds is 7. The van der Waals surface area contributed by atoms with Gasteiger partial charge < -0.3 is 5.32 Å². The first-order valence-corrected chi connectivity index (χ1v) is 8.42. The molecule has 1 N–H and O–H groups in total. The fourth-order valence-corrected chi connectivity index (χ4v) is 3.32. The van der Waals surface area contributed by atoms with Crippen LogP contribution in [0.15, 0.2) is 23.6 Å². The molecule has 0 bridgehead atoms. The minimum Gasteiger partial charge on any atom is -0.313 e. The summed E-state index contributed by atoms with van der Waals surface area (Å²) in [5.41, 5.74) is 2.03. The van der Waals surface area contributed by atoms with Crippen LogP contribution in [0.25, 0.3) is 0 Å². The third kappa shape index (κ3) is 5.06. The maximum Gasteiger partial charge on any atom is 0.124 e. The van der Waals surface area contributed by atoms with Gasteiger partial charge in [0.05, 0.1) is 5.01 Å². The molecule has 2 rings (SSSR count). The van der Waals surface area contributed by atoms with E-state index >= 15 is 0 Å². The van der Waals surface area contributed by atoms with Crippen molar-refractivity contribution in [2.45, 2.75) is 39.2 Å². The average molecular weight is 327 g/mol. The Hall–Kier alpha value is -0.970. The van der Waals surface area contributed by atoms with E-state index in [2.05, 4.69) is 22.6 Å². The molecule has 2 aromatic rings. The molecule has 21 heavy (non-hydrogen) atoms. The zero-order valence-corrected chi connectivity index (χ0v) is 13.9.